The second kappa shape index (κ2) is 4.53. The predicted octanol–water partition coefficient (Wildman–Crippen LogP) is 2.33. The molecule has 0 saturated carbocycles. The fraction of sp³-hybridized carbons (Fsp3) is 0.500. The van der Waals surface area contributed by atoms with Gasteiger partial charge in [-0.05, 0) is 26.8 Å². The maximum atomic E-state index is 5.81. The monoisotopic (exact) mass is 209 g/mol. The van der Waals surface area contributed by atoms with Crippen molar-refractivity contribution in [2.75, 3.05) is 7.11 Å². The SMILES string of the molecule is COc1ccc(CN)c(OC(C)(C)C)c1. The Morgan fingerprint density at radius 1 is 1.27 bits per heavy atom. The van der Waals surface area contributed by atoms with Gasteiger partial charge >= 0.3 is 0 Å². The minimum atomic E-state index is -0.226. The molecule has 0 heterocycles. The van der Waals surface area contributed by atoms with E-state index in [-0.39, 0.29) is 5.60 Å². The van der Waals surface area contributed by atoms with Crippen molar-refractivity contribution in [2.45, 2.75) is 32.9 Å². The van der Waals surface area contributed by atoms with E-state index in [0.717, 1.165) is 17.1 Å². The molecule has 0 saturated heterocycles. The van der Waals surface area contributed by atoms with Crippen molar-refractivity contribution in [3.8, 4) is 11.5 Å². The first kappa shape index (κ1) is 11.9. The molecule has 84 valence electrons. The molecule has 0 unspecified atom stereocenters. The zero-order chi connectivity index (χ0) is 11.5. The first-order chi connectivity index (χ1) is 6.96. The van der Waals surface area contributed by atoms with Crippen LogP contribution in [-0.4, -0.2) is 12.7 Å². The van der Waals surface area contributed by atoms with Crippen LogP contribution in [0.15, 0.2) is 18.2 Å². The van der Waals surface area contributed by atoms with Crippen molar-refractivity contribution in [1.29, 1.82) is 0 Å². The molecule has 1 rings (SSSR count). The number of benzene rings is 1. The first-order valence-electron chi connectivity index (χ1n) is 5.02. The maximum Gasteiger partial charge on any atom is 0.128 e. The number of rotatable bonds is 3. The summed E-state index contributed by atoms with van der Waals surface area (Å²) >= 11 is 0. The van der Waals surface area contributed by atoms with E-state index in [0.29, 0.717) is 6.54 Å². The second-order valence-corrected chi connectivity index (χ2v) is 4.39. The van der Waals surface area contributed by atoms with Crippen LogP contribution in [0.1, 0.15) is 26.3 Å². The van der Waals surface area contributed by atoms with E-state index in [2.05, 4.69) is 0 Å². The minimum Gasteiger partial charge on any atom is -0.497 e. The van der Waals surface area contributed by atoms with Gasteiger partial charge in [0.15, 0.2) is 0 Å². The fourth-order valence-corrected chi connectivity index (χ4v) is 1.26. The van der Waals surface area contributed by atoms with Crippen molar-refractivity contribution >= 4 is 0 Å². The lowest BCUT2D eigenvalue weighted by Crippen LogP contribution is -2.24. The molecule has 1 aromatic rings. The summed E-state index contributed by atoms with van der Waals surface area (Å²) in [6.07, 6.45) is 0. The van der Waals surface area contributed by atoms with Crippen LogP contribution in [0.25, 0.3) is 0 Å². The van der Waals surface area contributed by atoms with E-state index >= 15 is 0 Å². The number of methoxy groups -OCH3 is 1. The standard InChI is InChI=1S/C12H19NO2/c1-12(2,3)15-11-7-10(14-4)6-5-9(11)8-13/h5-7H,8,13H2,1-4H3. The van der Waals surface area contributed by atoms with Gasteiger partial charge in [0.2, 0.25) is 0 Å². The molecule has 0 amide bonds. The molecular weight excluding hydrogens is 190 g/mol. The summed E-state index contributed by atoms with van der Waals surface area (Å²) in [6.45, 7) is 6.49. The van der Waals surface area contributed by atoms with Gasteiger partial charge in [0.25, 0.3) is 0 Å². The highest BCUT2D eigenvalue weighted by Gasteiger charge is 2.14. The smallest absolute Gasteiger partial charge is 0.128 e. The molecule has 0 spiro atoms. The van der Waals surface area contributed by atoms with Gasteiger partial charge in [-0.15, -0.1) is 0 Å². The Morgan fingerprint density at radius 2 is 1.93 bits per heavy atom. The molecular formula is C12H19NO2. The molecule has 15 heavy (non-hydrogen) atoms. The molecule has 0 bridgehead atoms. The number of ether oxygens (including phenoxy) is 2. The van der Waals surface area contributed by atoms with Crippen molar-refractivity contribution in [1.82, 2.24) is 0 Å². The van der Waals surface area contributed by atoms with E-state index in [4.69, 9.17) is 15.2 Å². The summed E-state index contributed by atoms with van der Waals surface area (Å²) < 4.78 is 11.0. The third kappa shape index (κ3) is 3.44. The Morgan fingerprint density at radius 3 is 2.40 bits per heavy atom. The highest BCUT2D eigenvalue weighted by atomic mass is 16.5. The summed E-state index contributed by atoms with van der Waals surface area (Å²) in [5.74, 6) is 1.58. The Hall–Kier alpha value is -1.22. The Bertz CT molecular complexity index is 329. The maximum absolute atomic E-state index is 5.81. The topological polar surface area (TPSA) is 44.5 Å². The van der Waals surface area contributed by atoms with Gasteiger partial charge in [-0.1, -0.05) is 6.07 Å². The third-order valence-corrected chi connectivity index (χ3v) is 1.91. The van der Waals surface area contributed by atoms with Gasteiger partial charge in [-0.2, -0.15) is 0 Å². The van der Waals surface area contributed by atoms with Crippen LogP contribution < -0.4 is 15.2 Å². The lowest BCUT2D eigenvalue weighted by molar-refractivity contribution is 0.129. The largest absolute Gasteiger partial charge is 0.497 e. The zero-order valence-electron chi connectivity index (χ0n) is 9.83. The van der Waals surface area contributed by atoms with Crippen LogP contribution in [0.2, 0.25) is 0 Å². The lowest BCUT2D eigenvalue weighted by Gasteiger charge is -2.23. The number of nitrogens with two attached hydrogens (primary N) is 1. The highest BCUT2D eigenvalue weighted by Crippen LogP contribution is 2.27. The average Bonchev–Trinajstić information content (AvgIpc) is 2.15. The molecule has 0 radical (unpaired) electrons. The molecule has 0 aliphatic rings. The lowest BCUT2D eigenvalue weighted by atomic mass is 10.1. The molecule has 2 N–H and O–H groups in total. The van der Waals surface area contributed by atoms with E-state index in [1.165, 1.54) is 0 Å². The molecule has 0 fully saturated rings. The molecule has 0 aromatic heterocycles. The normalized spacial score (nSPS) is 11.3. The molecule has 1 aromatic carbocycles. The fourth-order valence-electron chi connectivity index (χ4n) is 1.26. The third-order valence-electron chi connectivity index (χ3n) is 1.91. The molecule has 0 atom stereocenters. The molecule has 3 nitrogen and oxygen atoms in total. The quantitative estimate of drug-likeness (QED) is 0.831. The van der Waals surface area contributed by atoms with Crippen LogP contribution in [0, 0.1) is 0 Å². The Kier molecular flexibility index (Phi) is 3.58. The zero-order valence-corrected chi connectivity index (χ0v) is 9.83. The first-order valence-corrected chi connectivity index (χ1v) is 5.02. The van der Waals surface area contributed by atoms with Gasteiger partial charge in [-0.3, -0.25) is 0 Å². The van der Waals surface area contributed by atoms with Gasteiger partial charge in [0.1, 0.15) is 17.1 Å². The van der Waals surface area contributed by atoms with Crippen molar-refractivity contribution in [2.24, 2.45) is 5.73 Å². The van der Waals surface area contributed by atoms with Crippen LogP contribution in [0.3, 0.4) is 0 Å². The van der Waals surface area contributed by atoms with Gasteiger partial charge in [0, 0.05) is 18.2 Å². The molecule has 3 heteroatoms. The van der Waals surface area contributed by atoms with Gasteiger partial charge < -0.3 is 15.2 Å². The molecule has 0 aliphatic heterocycles. The highest BCUT2D eigenvalue weighted by molar-refractivity contribution is 5.40. The Labute approximate surface area is 91.2 Å². The van der Waals surface area contributed by atoms with Crippen molar-refractivity contribution in [3.05, 3.63) is 23.8 Å². The minimum absolute atomic E-state index is 0.226. The van der Waals surface area contributed by atoms with E-state index < -0.39 is 0 Å². The van der Waals surface area contributed by atoms with Gasteiger partial charge in [-0.25, -0.2) is 0 Å². The van der Waals surface area contributed by atoms with Gasteiger partial charge in [0.05, 0.1) is 7.11 Å². The molecule has 0 aliphatic carbocycles. The summed E-state index contributed by atoms with van der Waals surface area (Å²) in [5, 5.41) is 0. The summed E-state index contributed by atoms with van der Waals surface area (Å²) in [7, 11) is 1.64. The van der Waals surface area contributed by atoms with E-state index in [1.54, 1.807) is 7.11 Å². The predicted molar refractivity (Wildman–Crippen MR) is 61.3 cm³/mol. The van der Waals surface area contributed by atoms with Crippen LogP contribution in [0.4, 0.5) is 0 Å². The summed E-state index contributed by atoms with van der Waals surface area (Å²) in [6, 6.07) is 5.69. The van der Waals surface area contributed by atoms with E-state index in [1.807, 2.05) is 39.0 Å². The number of hydrogen-bond donors (Lipinski definition) is 1. The van der Waals surface area contributed by atoms with Crippen LogP contribution in [-0.2, 0) is 6.54 Å². The second-order valence-electron chi connectivity index (χ2n) is 4.39. The van der Waals surface area contributed by atoms with E-state index in [9.17, 15) is 0 Å². The van der Waals surface area contributed by atoms with Crippen LogP contribution >= 0.6 is 0 Å². The van der Waals surface area contributed by atoms with Crippen LogP contribution in [0.5, 0.6) is 11.5 Å². The Balaban J connectivity index is 3.01. The average molecular weight is 209 g/mol. The van der Waals surface area contributed by atoms with Crippen molar-refractivity contribution in [3.63, 3.8) is 0 Å². The summed E-state index contributed by atoms with van der Waals surface area (Å²) in [4.78, 5) is 0. The van der Waals surface area contributed by atoms with Crippen molar-refractivity contribution < 1.29 is 9.47 Å². The summed E-state index contributed by atoms with van der Waals surface area (Å²) in [5.41, 5.74) is 6.41. The number of hydrogen-bond acceptors (Lipinski definition) is 3.